The fraction of sp³-hybridized carbons (Fsp3) is 0.261. The third-order valence-electron chi connectivity index (χ3n) is 4.77. The first-order chi connectivity index (χ1) is 13.7. The number of amides is 1. The summed E-state index contributed by atoms with van der Waals surface area (Å²) in [6.45, 7) is 1.91. The second-order valence-corrected chi connectivity index (χ2v) is 7.16. The average Bonchev–Trinajstić information content (AvgIpc) is 2.72. The normalized spacial score (nSPS) is 15.6. The van der Waals surface area contributed by atoms with E-state index >= 15 is 0 Å². The van der Waals surface area contributed by atoms with Crippen molar-refractivity contribution in [2.75, 3.05) is 26.7 Å². The van der Waals surface area contributed by atoms with Crippen molar-refractivity contribution < 1.29 is 14.3 Å². The molecule has 28 heavy (non-hydrogen) atoms. The minimum atomic E-state index is -0.176. The van der Waals surface area contributed by atoms with Crippen LogP contribution in [0.2, 0.25) is 0 Å². The van der Waals surface area contributed by atoms with Gasteiger partial charge in [-0.15, -0.1) is 0 Å². The van der Waals surface area contributed by atoms with Gasteiger partial charge < -0.3 is 14.8 Å². The van der Waals surface area contributed by atoms with Gasteiger partial charge >= 0.3 is 0 Å². The Morgan fingerprint density at radius 3 is 2.64 bits per heavy atom. The van der Waals surface area contributed by atoms with Crippen LogP contribution in [0.4, 0.5) is 0 Å². The first kappa shape index (κ1) is 18.3. The van der Waals surface area contributed by atoms with E-state index in [9.17, 15) is 4.79 Å². The summed E-state index contributed by atoms with van der Waals surface area (Å²) in [5.74, 6) is 1.45. The highest BCUT2D eigenvalue weighted by Gasteiger charge is 2.21. The van der Waals surface area contributed by atoms with Gasteiger partial charge in [0.25, 0.3) is 0 Å². The van der Waals surface area contributed by atoms with Crippen molar-refractivity contribution in [1.82, 2.24) is 10.2 Å². The quantitative estimate of drug-likeness (QED) is 0.718. The number of carbonyl (C=O) groups excluding carboxylic acids is 1. The number of ether oxygens (including phenoxy) is 2. The van der Waals surface area contributed by atoms with Gasteiger partial charge in [-0.1, -0.05) is 48.5 Å². The number of hydrogen-bond acceptors (Lipinski definition) is 4. The minimum absolute atomic E-state index is 0.0225. The lowest BCUT2D eigenvalue weighted by atomic mass is 10.1. The standard InChI is InChI=1S/C23H24N2O3/c1-25(14-17-10-11-18-6-2-3-7-19(18)12-17)15-23(26)24-13-20-16-27-21-8-4-5-9-22(21)28-20/h2-12,20H,13-16H2,1H3,(H,24,26). The van der Waals surface area contributed by atoms with E-state index in [0.717, 1.165) is 11.5 Å². The third-order valence-corrected chi connectivity index (χ3v) is 4.77. The van der Waals surface area contributed by atoms with Crippen LogP contribution in [-0.4, -0.2) is 43.7 Å². The summed E-state index contributed by atoms with van der Waals surface area (Å²) >= 11 is 0. The molecule has 0 saturated carbocycles. The zero-order chi connectivity index (χ0) is 19.3. The van der Waals surface area contributed by atoms with Crippen LogP contribution in [0, 0.1) is 0 Å². The number of nitrogens with zero attached hydrogens (tertiary/aromatic N) is 1. The van der Waals surface area contributed by atoms with Crippen LogP contribution in [0.25, 0.3) is 10.8 Å². The maximum atomic E-state index is 12.3. The Morgan fingerprint density at radius 2 is 1.79 bits per heavy atom. The van der Waals surface area contributed by atoms with Gasteiger partial charge in [0.05, 0.1) is 13.1 Å². The molecule has 0 aromatic heterocycles. The molecule has 5 heteroatoms. The van der Waals surface area contributed by atoms with E-state index in [1.807, 2.05) is 48.3 Å². The first-order valence-electron chi connectivity index (χ1n) is 9.49. The number of hydrogen-bond donors (Lipinski definition) is 1. The highest BCUT2D eigenvalue weighted by atomic mass is 16.6. The topological polar surface area (TPSA) is 50.8 Å². The molecule has 0 saturated heterocycles. The maximum Gasteiger partial charge on any atom is 0.234 e. The van der Waals surface area contributed by atoms with Gasteiger partial charge in [0.2, 0.25) is 5.91 Å². The first-order valence-corrected chi connectivity index (χ1v) is 9.49. The van der Waals surface area contributed by atoms with E-state index in [4.69, 9.17) is 9.47 Å². The SMILES string of the molecule is CN(CC(=O)NCC1COc2ccccc2O1)Cc1ccc2ccccc2c1. The Morgan fingerprint density at radius 1 is 1.04 bits per heavy atom. The highest BCUT2D eigenvalue weighted by molar-refractivity contribution is 5.83. The van der Waals surface area contributed by atoms with Crippen molar-refractivity contribution in [3.05, 3.63) is 72.3 Å². The van der Waals surface area contributed by atoms with Crippen LogP contribution in [0.15, 0.2) is 66.7 Å². The molecule has 1 heterocycles. The number of nitrogens with one attached hydrogen (secondary N) is 1. The number of fused-ring (bicyclic) bond motifs is 2. The minimum Gasteiger partial charge on any atom is -0.486 e. The fourth-order valence-corrected chi connectivity index (χ4v) is 3.40. The molecular weight excluding hydrogens is 352 g/mol. The molecule has 1 amide bonds. The predicted molar refractivity (Wildman–Crippen MR) is 110 cm³/mol. The van der Waals surface area contributed by atoms with Crippen molar-refractivity contribution in [1.29, 1.82) is 0 Å². The van der Waals surface area contributed by atoms with Gasteiger partial charge in [-0.25, -0.2) is 0 Å². The summed E-state index contributed by atoms with van der Waals surface area (Å²) in [6.07, 6.45) is -0.176. The Labute approximate surface area is 164 Å². The lowest BCUT2D eigenvalue weighted by molar-refractivity contribution is -0.122. The largest absolute Gasteiger partial charge is 0.486 e. The van der Waals surface area contributed by atoms with Crippen LogP contribution < -0.4 is 14.8 Å². The molecule has 0 bridgehead atoms. The molecule has 0 aliphatic carbocycles. The molecular formula is C23H24N2O3. The zero-order valence-electron chi connectivity index (χ0n) is 15.9. The van der Waals surface area contributed by atoms with Crippen molar-refractivity contribution >= 4 is 16.7 Å². The molecule has 5 nitrogen and oxygen atoms in total. The molecule has 0 fully saturated rings. The molecule has 1 unspecified atom stereocenters. The van der Waals surface area contributed by atoms with Crippen molar-refractivity contribution in [3.8, 4) is 11.5 Å². The number of para-hydroxylation sites is 2. The van der Waals surface area contributed by atoms with Gasteiger partial charge in [-0.3, -0.25) is 9.69 Å². The fourth-order valence-electron chi connectivity index (χ4n) is 3.40. The van der Waals surface area contributed by atoms with E-state index in [1.54, 1.807) is 0 Å². The Kier molecular flexibility index (Phi) is 5.44. The van der Waals surface area contributed by atoms with E-state index < -0.39 is 0 Å². The van der Waals surface area contributed by atoms with Crippen LogP contribution in [-0.2, 0) is 11.3 Å². The van der Waals surface area contributed by atoms with Crippen LogP contribution >= 0.6 is 0 Å². The Balaban J connectivity index is 1.25. The second kappa shape index (κ2) is 8.31. The molecule has 1 aliphatic heterocycles. The van der Waals surface area contributed by atoms with E-state index in [2.05, 4.69) is 35.6 Å². The number of carbonyl (C=O) groups is 1. The van der Waals surface area contributed by atoms with Gasteiger partial charge in [0.1, 0.15) is 12.7 Å². The van der Waals surface area contributed by atoms with Gasteiger partial charge in [0.15, 0.2) is 11.5 Å². The molecule has 1 atom stereocenters. The van der Waals surface area contributed by atoms with E-state index in [1.165, 1.54) is 16.3 Å². The summed E-state index contributed by atoms with van der Waals surface area (Å²) in [5, 5.41) is 5.38. The van der Waals surface area contributed by atoms with Crippen LogP contribution in [0.3, 0.4) is 0 Å². The molecule has 0 spiro atoms. The Bertz CT molecular complexity index is 973. The predicted octanol–water partition coefficient (Wildman–Crippen LogP) is 3.23. The average molecular weight is 376 g/mol. The lowest BCUT2D eigenvalue weighted by Gasteiger charge is -2.26. The summed E-state index contributed by atoms with van der Waals surface area (Å²) in [5.41, 5.74) is 1.19. The van der Waals surface area contributed by atoms with Crippen molar-refractivity contribution in [3.63, 3.8) is 0 Å². The summed E-state index contributed by atoms with van der Waals surface area (Å²) in [6, 6.07) is 22.3. The van der Waals surface area contributed by atoms with Crippen LogP contribution in [0.5, 0.6) is 11.5 Å². The molecule has 3 aromatic carbocycles. The molecule has 1 aliphatic rings. The second-order valence-electron chi connectivity index (χ2n) is 7.16. The summed E-state index contributed by atoms with van der Waals surface area (Å²) < 4.78 is 11.5. The van der Waals surface area contributed by atoms with Gasteiger partial charge in [0, 0.05) is 6.54 Å². The van der Waals surface area contributed by atoms with Crippen molar-refractivity contribution in [2.24, 2.45) is 0 Å². The zero-order valence-corrected chi connectivity index (χ0v) is 15.9. The van der Waals surface area contributed by atoms with Crippen molar-refractivity contribution in [2.45, 2.75) is 12.6 Å². The third kappa shape index (κ3) is 4.43. The Hall–Kier alpha value is -3.05. The smallest absolute Gasteiger partial charge is 0.234 e. The highest BCUT2D eigenvalue weighted by Crippen LogP contribution is 2.30. The number of benzene rings is 3. The monoisotopic (exact) mass is 376 g/mol. The summed E-state index contributed by atoms with van der Waals surface area (Å²) in [7, 11) is 1.95. The van der Waals surface area contributed by atoms with E-state index in [-0.39, 0.29) is 12.0 Å². The summed E-state index contributed by atoms with van der Waals surface area (Å²) in [4.78, 5) is 14.3. The van der Waals surface area contributed by atoms with Gasteiger partial charge in [-0.2, -0.15) is 0 Å². The molecule has 3 aromatic rings. The molecule has 0 radical (unpaired) electrons. The number of likely N-dealkylation sites (N-methyl/N-ethyl adjacent to an activating group) is 1. The molecule has 1 N–H and O–H groups in total. The molecule has 144 valence electrons. The lowest BCUT2D eigenvalue weighted by Crippen LogP contribution is -2.43. The number of rotatable bonds is 6. The van der Waals surface area contributed by atoms with Crippen LogP contribution in [0.1, 0.15) is 5.56 Å². The van der Waals surface area contributed by atoms with Gasteiger partial charge in [-0.05, 0) is 41.6 Å². The molecule has 4 rings (SSSR count). The van der Waals surface area contributed by atoms with E-state index in [0.29, 0.717) is 26.2 Å². The maximum absolute atomic E-state index is 12.3.